The molecule has 3 N–H and O–H groups in total. The molecule has 5 heterocycles. The lowest BCUT2D eigenvalue weighted by molar-refractivity contribution is 0.0388. The van der Waals surface area contributed by atoms with E-state index in [9.17, 15) is 4.79 Å². The number of hydrogen-bond acceptors (Lipinski definition) is 11. The van der Waals surface area contributed by atoms with E-state index in [1.807, 2.05) is 11.0 Å². The summed E-state index contributed by atoms with van der Waals surface area (Å²) < 4.78 is 6.77. The highest BCUT2D eigenvalue weighted by atomic mass is 32.1. The number of nitrogen functional groups attached to an aromatic ring is 1. The van der Waals surface area contributed by atoms with Gasteiger partial charge in [0.15, 0.2) is 0 Å². The van der Waals surface area contributed by atoms with Crippen molar-refractivity contribution in [2.45, 2.75) is 6.10 Å². The smallest absolute Gasteiger partial charge is 0.264 e. The summed E-state index contributed by atoms with van der Waals surface area (Å²) in [5.41, 5.74) is 7.21. The van der Waals surface area contributed by atoms with Crippen molar-refractivity contribution >= 4 is 39.4 Å². The first-order valence-electron chi connectivity index (χ1n) is 10.9. The Bertz CT molecular complexity index is 1120. The van der Waals surface area contributed by atoms with E-state index in [0.29, 0.717) is 50.2 Å². The average molecular weight is 471 g/mol. The minimum Gasteiger partial charge on any atom is -0.395 e. The Morgan fingerprint density at radius 3 is 2.70 bits per heavy atom. The van der Waals surface area contributed by atoms with Crippen LogP contribution < -0.4 is 10.6 Å². The van der Waals surface area contributed by atoms with Crippen molar-refractivity contribution in [2.24, 2.45) is 0 Å². The number of rotatable bonds is 5. The number of aliphatic hydroxyl groups excluding tert-OH is 1. The summed E-state index contributed by atoms with van der Waals surface area (Å²) in [7, 11) is 0. The van der Waals surface area contributed by atoms with Gasteiger partial charge in [-0.15, -0.1) is 11.3 Å². The van der Waals surface area contributed by atoms with Crippen LogP contribution in [0.2, 0.25) is 0 Å². The Morgan fingerprint density at radius 2 is 1.94 bits per heavy atom. The number of hydrogen-bond donors (Lipinski definition) is 2. The molecule has 0 bridgehead atoms. The summed E-state index contributed by atoms with van der Waals surface area (Å²) in [5, 5.41) is 9.10. The number of amides is 1. The molecule has 3 aromatic rings. The van der Waals surface area contributed by atoms with E-state index in [1.165, 1.54) is 11.3 Å². The first-order valence-corrected chi connectivity index (χ1v) is 11.8. The first-order chi connectivity index (χ1) is 16.1. The minimum absolute atomic E-state index is 0.0259. The van der Waals surface area contributed by atoms with Gasteiger partial charge in [-0.2, -0.15) is 0 Å². The summed E-state index contributed by atoms with van der Waals surface area (Å²) in [4.78, 5) is 37.2. The Hall–Kier alpha value is -2.93. The largest absolute Gasteiger partial charge is 0.395 e. The average Bonchev–Trinajstić information content (AvgIpc) is 3.28. The number of piperazine rings is 1. The van der Waals surface area contributed by atoms with Gasteiger partial charge in [-0.25, -0.2) is 19.9 Å². The molecule has 1 unspecified atom stereocenters. The lowest BCUT2D eigenvalue weighted by Gasteiger charge is -2.34. The maximum Gasteiger partial charge on any atom is 0.264 e. The van der Waals surface area contributed by atoms with Gasteiger partial charge in [0.25, 0.3) is 5.91 Å². The van der Waals surface area contributed by atoms with Crippen molar-refractivity contribution in [3.8, 4) is 0 Å². The predicted molar refractivity (Wildman–Crippen MR) is 124 cm³/mol. The second-order valence-electron chi connectivity index (χ2n) is 8.07. The van der Waals surface area contributed by atoms with E-state index < -0.39 is 0 Å². The highest BCUT2D eigenvalue weighted by Gasteiger charge is 2.26. The van der Waals surface area contributed by atoms with Crippen LogP contribution in [-0.2, 0) is 4.74 Å². The summed E-state index contributed by atoms with van der Waals surface area (Å²) >= 11 is 1.42. The standard InChI is InChI=1S/C21H26N8O3S/c22-20-23-10-14(11-24-20)16-13-29(6-8-32-16)21-25-12-18-15(26-21)9-17(33-18)19(31)28-3-1-27(2-4-28)5-7-30/h9-12,16,30H,1-8,13H2,(H2,22,23,24). The highest BCUT2D eigenvalue weighted by Crippen LogP contribution is 2.29. The first kappa shape index (κ1) is 21.9. The molecule has 174 valence electrons. The third kappa shape index (κ3) is 4.74. The van der Waals surface area contributed by atoms with E-state index >= 15 is 0 Å². The summed E-state index contributed by atoms with van der Waals surface area (Å²) in [6.07, 6.45) is 4.96. The molecule has 0 saturated carbocycles. The number of thiophene rings is 1. The molecule has 3 aromatic heterocycles. The molecule has 12 heteroatoms. The fraction of sp³-hybridized carbons (Fsp3) is 0.476. The lowest BCUT2D eigenvalue weighted by atomic mass is 10.1. The fourth-order valence-corrected chi connectivity index (χ4v) is 5.04. The minimum atomic E-state index is -0.192. The van der Waals surface area contributed by atoms with Crippen molar-refractivity contribution < 1.29 is 14.6 Å². The topological polar surface area (TPSA) is 134 Å². The molecule has 0 radical (unpaired) electrons. The lowest BCUT2D eigenvalue weighted by Crippen LogP contribution is -2.49. The molecule has 0 aromatic carbocycles. The molecule has 2 saturated heterocycles. The van der Waals surface area contributed by atoms with Crippen molar-refractivity contribution in [1.29, 1.82) is 0 Å². The number of aromatic nitrogens is 4. The molecule has 2 aliphatic rings. The van der Waals surface area contributed by atoms with Crippen molar-refractivity contribution in [3.05, 3.63) is 35.1 Å². The van der Waals surface area contributed by atoms with Crippen molar-refractivity contribution in [2.75, 3.05) is 69.7 Å². The molecule has 2 fully saturated rings. The normalized spacial score (nSPS) is 19.8. The van der Waals surface area contributed by atoms with Crippen LogP contribution in [0, 0.1) is 0 Å². The van der Waals surface area contributed by atoms with Gasteiger partial charge in [0, 0.05) is 57.2 Å². The van der Waals surface area contributed by atoms with Gasteiger partial charge in [-0.05, 0) is 6.07 Å². The summed E-state index contributed by atoms with van der Waals surface area (Å²) in [6.45, 7) is 5.45. The SMILES string of the molecule is Nc1ncc(C2CN(c3ncc4sc(C(=O)N5CCN(CCO)CC5)cc4n3)CCO2)cn1. The van der Waals surface area contributed by atoms with Gasteiger partial charge in [-0.1, -0.05) is 0 Å². The number of carbonyl (C=O) groups excluding carboxylic acids is 1. The number of morpholine rings is 1. The maximum atomic E-state index is 13.0. The zero-order valence-corrected chi connectivity index (χ0v) is 18.9. The van der Waals surface area contributed by atoms with E-state index in [1.54, 1.807) is 18.6 Å². The maximum absolute atomic E-state index is 13.0. The van der Waals surface area contributed by atoms with Gasteiger partial charge in [-0.3, -0.25) is 9.69 Å². The number of anilines is 2. The summed E-state index contributed by atoms with van der Waals surface area (Å²) in [6, 6.07) is 1.86. The zero-order chi connectivity index (χ0) is 22.8. The molecule has 1 amide bonds. The Morgan fingerprint density at radius 1 is 1.15 bits per heavy atom. The van der Waals surface area contributed by atoms with E-state index in [-0.39, 0.29) is 24.6 Å². The van der Waals surface area contributed by atoms with Crippen molar-refractivity contribution in [3.63, 3.8) is 0 Å². The number of nitrogens with zero attached hydrogens (tertiary/aromatic N) is 7. The number of β-amino-alcohol motifs (C(OH)–C–C–N with tert-alkyl or cyclic N) is 1. The monoisotopic (exact) mass is 470 g/mol. The quantitative estimate of drug-likeness (QED) is 0.539. The Labute approximate surface area is 194 Å². The van der Waals surface area contributed by atoms with E-state index in [0.717, 1.165) is 28.9 Å². The van der Waals surface area contributed by atoms with Gasteiger partial charge in [0.05, 0.1) is 41.0 Å². The van der Waals surface area contributed by atoms with Gasteiger partial charge < -0.3 is 25.4 Å². The van der Waals surface area contributed by atoms with Crippen LogP contribution in [0.1, 0.15) is 21.3 Å². The summed E-state index contributed by atoms with van der Waals surface area (Å²) in [5.74, 6) is 0.870. The number of nitrogens with two attached hydrogens (primary N) is 1. The number of aliphatic hydroxyl groups is 1. The molecule has 11 nitrogen and oxygen atoms in total. The van der Waals surface area contributed by atoms with Gasteiger partial charge in [0.2, 0.25) is 11.9 Å². The van der Waals surface area contributed by atoms with Crippen LogP contribution in [0.15, 0.2) is 24.7 Å². The second-order valence-corrected chi connectivity index (χ2v) is 9.15. The van der Waals surface area contributed by atoms with Crippen LogP contribution in [0.3, 0.4) is 0 Å². The number of ether oxygens (including phenoxy) is 1. The molecule has 33 heavy (non-hydrogen) atoms. The van der Waals surface area contributed by atoms with Gasteiger partial charge >= 0.3 is 0 Å². The van der Waals surface area contributed by atoms with Crippen LogP contribution in [0.5, 0.6) is 0 Å². The molecule has 0 aliphatic carbocycles. The van der Waals surface area contributed by atoms with Crippen LogP contribution in [-0.4, -0.2) is 99.8 Å². The second kappa shape index (κ2) is 9.51. The Kier molecular flexibility index (Phi) is 6.31. The third-order valence-corrected chi connectivity index (χ3v) is 7.00. The number of carbonyl (C=O) groups is 1. The van der Waals surface area contributed by atoms with E-state index in [4.69, 9.17) is 20.6 Å². The molecule has 2 aliphatic heterocycles. The fourth-order valence-electron chi connectivity index (χ4n) is 4.10. The zero-order valence-electron chi connectivity index (χ0n) is 18.1. The van der Waals surface area contributed by atoms with E-state index in [2.05, 4.69) is 24.8 Å². The molecule has 5 rings (SSSR count). The molecular weight excluding hydrogens is 444 g/mol. The van der Waals surface area contributed by atoms with Gasteiger partial charge in [0.1, 0.15) is 6.10 Å². The van der Waals surface area contributed by atoms with Crippen molar-refractivity contribution in [1.82, 2.24) is 29.7 Å². The van der Waals surface area contributed by atoms with Crippen LogP contribution in [0.4, 0.5) is 11.9 Å². The predicted octanol–water partition coefficient (Wildman–Crippen LogP) is 0.391. The highest BCUT2D eigenvalue weighted by molar-refractivity contribution is 7.20. The molecule has 1 atom stereocenters. The van der Waals surface area contributed by atoms with Crippen LogP contribution in [0.25, 0.3) is 10.2 Å². The third-order valence-electron chi connectivity index (χ3n) is 5.96. The number of fused-ring (bicyclic) bond motifs is 1. The Balaban J connectivity index is 1.29. The molecular formula is C21H26N8O3S. The van der Waals surface area contributed by atoms with Crippen LogP contribution >= 0.6 is 11.3 Å². The molecule has 0 spiro atoms.